The molecule has 3 N–H and O–H groups in total. The number of piperazine rings is 1. The minimum absolute atomic E-state index is 0.0632. The maximum atomic E-state index is 12.4. The van der Waals surface area contributed by atoms with Crippen molar-refractivity contribution in [2.24, 2.45) is 0 Å². The van der Waals surface area contributed by atoms with E-state index in [9.17, 15) is 4.79 Å². The topological polar surface area (TPSA) is 71.6 Å². The SMILES string of the molecule is O=C(c1ccc(N2CC[NH+](CCO)CC2)[nH+]c1)N1CCOCC1. The number of aliphatic hydroxyl groups is 1. The van der Waals surface area contributed by atoms with Crippen LogP contribution in [0, 0.1) is 0 Å². The van der Waals surface area contributed by atoms with Crippen LogP contribution in [0.5, 0.6) is 0 Å². The van der Waals surface area contributed by atoms with Gasteiger partial charge < -0.3 is 19.6 Å². The van der Waals surface area contributed by atoms with E-state index in [1.54, 1.807) is 6.20 Å². The van der Waals surface area contributed by atoms with Crippen molar-refractivity contribution in [3.8, 4) is 0 Å². The van der Waals surface area contributed by atoms with E-state index in [1.807, 2.05) is 17.0 Å². The highest BCUT2D eigenvalue weighted by Crippen LogP contribution is 2.10. The number of ether oxygens (including phenoxy) is 1. The van der Waals surface area contributed by atoms with E-state index in [4.69, 9.17) is 9.84 Å². The van der Waals surface area contributed by atoms with Crippen molar-refractivity contribution >= 4 is 11.7 Å². The molecule has 7 heteroatoms. The number of quaternary nitrogens is 1. The summed E-state index contributed by atoms with van der Waals surface area (Å²) in [5, 5.41) is 9.01. The van der Waals surface area contributed by atoms with Crippen molar-refractivity contribution in [2.45, 2.75) is 0 Å². The molecule has 2 fully saturated rings. The fourth-order valence-electron chi connectivity index (χ4n) is 3.17. The second-order valence-corrected chi connectivity index (χ2v) is 6.08. The lowest BCUT2D eigenvalue weighted by Crippen LogP contribution is -3.15. The number of nitrogens with zero attached hydrogens (tertiary/aromatic N) is 2. The van der Waals surface area contributed by atoms with Gasteiger partial charge in [0.1, 0.15) is 38.9 Å². The lowest BCUT2D eigenvalue weighted by molar-refractivity contribution is -0.901. The molecule has 0 aromatic carbocycles. The van der Waals surface area contributed by atoms with Gasteiger partial charge in [-0.2, -0.15) is 0 Å². The number of pyridine rings is 1. The number of amides is 1. The van der Waals surface area contributed by atoms with E-state index < -0.39 is 0 Å². The number of rotatable bonds is 4. The molecule has 0 saturated carbocycles. The maximum Gasteiger partial charge on any atom is 0.274 e. The van der Waals surface area contributed by atoms with E-state index >= 15 is 0 Å². The quantitative estimate of drug-likeness (QED) is 0.652. The number of morpholine rings is 1. The van der Waals surface area contributed by atoms with Crippen LogP contribution in [0.3, 0.4) is 0 Å². The van der Waals surface area contributed by atoms with Crippen molar-refractivity contribution in [3.05, 3.63) is 23.9 Å². The van der Waals surface area contributed by atoms with Gasteiger partial charge in [0.2, 0.25) is 0 Å². The number of aliphatic hydroxyl groups excluding tert-OH is 1. The van der Waals surface area contributed by atoms with Crippen LogP contribution >= 0.6 is 0 Å². The van der Waals surface area contributed by atoms with Crippen molar-refractivity contribution in [1.82, 2.24) is 4.90 Å². The molecule has 0 atom stereocenters. The summed E-state index contributed by atoms with van der Waals surface area (Å²) < 4.78 is 5.28. The molecule has 0 spiro atoms. The van der Waals surface area contributed by atoms with Crippen LogP contribution in [0.4, 0.5) is 5.82 Å². The van der Waals surface area contributed by atoms with E-state index in [0.717, 1.165) is 38.5 Å². The zero-order valence-electron chi connectivity index (χ0n) is 13.5. The molecule has 0 aliphatic carbocycles. The van der Waals surface area contributed by atoms with Crippen LogP contribution in [-0.2, 0) is 4.74 Å². The highest BCUT2D eigenvalue weighted by molar-refractivity contribution is 5.93. The van der Waals surface area contributed by atoms with Gasteiger partial charge in [-0.15, -0.1) is 0 Å². The standard InChI is InChI=1S/C16H24N4O3/c21-10-7-18-3-5-19(6-4-18)15-2-1-14(13-17-15)16(22)20-8-11-23-12-9-20/h1-2,13,21H,3-12H2/p+2. The first kappa shape index (κ1) is 16.2. The van der Waals surface area contributed by atoms with Crippen molar-refractivity contribution < 1.29 is 24.5 Å². The Morgan fingerprint density at radius 2 is 1.96 bits per heavy atom. The Balaban J connectivity index is 1.58. The number of hydrogen-bond acceptors (Lipinski definition) is 4. The van der Waals surface area contributed by atoms with Crippen molar-refractivity contribution in [3.63, 3.8) is 0 Å². The molecule has 23 heavy (non-hydrogen) atoms. The Morgan fingerprint density at radius 3 is 2.57 bits per heavy atom. The summed E-state index contributed by atoms with van der Waals surface area (Å²) in [5.74, 6) is 1.11. The number of H-pyrrole nitrogens is 1. The molecule has 2 saturated heterocycles. The van der Waals surface area contributed by atoms with Gasteiger partial charge in [0, 0.05) is 19.2 Å². The monoisotopic (exact) mass is 322 g/mol. The molecular weight excluding hydrogens is 296 g/mol. The van der Waals surface area contributed by atoms with Gasteiger partial charge in [-0.1, -0.05) is 0 Å². The lowest BCUT2D eigenvalue weighted by Gasteiger charge is -2.28. The number of carbonyl (C=O) groups is 1. The molecule has 0 radical (unpaired) electrons. The summed E-state index contributed by atoms with van der Waals surface area (Å²) >= 11 is 0. The zero-order valence-corrected chi connectivity index (χ0v) is 13.5. The molecule has 1 aromatic rings. The first-order valence-electron chi connectivity index (χ1n) is 8.36. The summed E-state index contributed by atoms with van der Waals surface area (Å²) in [6, 6.07) is 3.89. The summed E-state index contributed by atoms with van der Waals surface area (Å²) in [5.41, 5.74) is 0.695. The predicted molar refractivity (Wildman–Crippen MR) is 84.6 cm³/mol. The summed E-state index contributed by atoms with van der Waals surface area (Å²) in [4.78, 5) is 21.3. The molecule has 0 unspecified atom stereocenters. The molecule has 126 valence electrons. The van der Waals surface area contributed by atoms with Crippen LogP contribution in [0.15, 0.2) is 18.3 Å². The van der Waals surface area contributed by atoms with Gasteiger partial charge in [0.25, 0.3) is 11.7 Å². The normalized spacial score (nSPS) is 19.9. The molecule has 2 aliphatic heterocycles. The third-order valence-electron chi connectivity index (χ3n) is 4.62. The third-order valence-corrected chi connectivity index (χ3v) is 4.62. The highest BCUT2D eigenvalue weighted by Gasteiger charge is 2.26. The first-order valence-corrected chi connectivity index (χ1v) is 8.36. The highest BCUT2D eigenvalue weighted by atomic mass is 16.5. The van der Waals surface area contributed by atoms with Crippen LogP contribution in [0.2, 0.25) is 0 Å². The van der Waals surface area contributed by atoms with Gasteiger partial charge in [-0.05, 0) is 6.07 Å². The van der Waals surface area contributed by atoms with Gasteiger partial charge in [0.15, 0.2) is 0 Å². The van der Waals surface area contributed by atoms with Gasteiger partial charge >= 0.3 is 0 Å². The van der Waals surface area contributed by atoms with Gasteiger partial charge in [-0.3, -0.25) is 9.69 Å². The summed E-state index contributed by atoms with van der Waals surface area (Å²) in [6.07, 6.45) is 1.81. The molecule has 3 heterocycles. The molecule has 2 aliphatic rings. The van der Waals surface area contributed by atoms with Crippen LogP contribution in [0.1, 0.15) is 10.4 Å². The second kappa shape index (κ2) is 7.72. The average Bonchev–Trinajstić information content (AvgIpc) is 2.63. The summed E-state index contributed by atoms with van der Waals surface area (Å²) in [7, 11) is 0. The first-order chi connectivity index (χ1) is 11.3. The van der Waals surface area contributed by atoms with E-state index in [0.29, 0.717) is 31.9 Å². The smallest absolute Gasteiger partial charge is 0.274 e. The second-order valence-electron chi connectivity index (χ2n) is 6.08. The van der Waals surface area contributed by atoms with E-state index in [-0.39, 0.29) is 12.5 Å². The molecule has 7 nitrogen and oxygen atoms in total. The molecule has 1 aromatic heterocycles. The van der Waals surface area contributed by atoms with Crippen molar-refractivity contribution in [2.75, 3.05) is 70.5 Å². The van der Waals surface area contributed by atoms with Crippen LogP contribution < -0.4 is 14.8 Å². The van der Waals surface area contributed by atoms with Crippen molar-refractivity contribution in [1.29, 1.82) is 0 Å². The Kier molecular flexibility index (Phi) is 5.43. The fourth-order valence-corrected chi connectivity index (χ4v) is 3.17. The molecule has 3 rings (SSSR count). The Hall–Kier alpha value is -1.70. The fraction of sp³-hybridized carbons (Fsp3) is 0.625. The lowest BCUT2D eigenvalue weighted by atomic mass is 10.2. The third kappa shape index (κ3) is 3.99. The average molecular weight is 322 g/mol. The number of nitrogens with one attached hydrogen (secondary N) is 2. The number of anilines is 1. The minimum atomic E-state index is 0.0632. The Morgan fingerprint density at radius 1 is 1.22 bits per heavy atom. The maximum absolute atomic E-state index is 12.4. The van der Waals surface area contributed by atoms with Crippen LogP contribution in [-0.4, -0.2) is 81.5 Å². The number of aromatic nitrogens is 1. The number of carbonyl (C=O) groups excluding carboxylic acids is 1. The van der Waals surface area contributed by atoms with E-state index in [1.165, 1.54) is 4.90 Å². The van der Waals surface area contributed by atoms with Gasteiger partial charge in [0.05, 0.1) is 25.4 Å². The molecule has 1 amide bonds. The number of aromatic amines is 1. The predicted octanol–water partition coefficient (Wildman–Crippen LogP) is -2.33. The Labute approximate surface area is 136 Å². The minimum Gasteiger partial charge on any atom is -0.391 e. The van der Waals surface area contributed by atoms with Crippen LogP contribution in [0.25, 0.3) is 0 Å². The van der Waals surface area contributed by atoms with E-state index in [2.05, 4.69) is 9.88 Å². The molecular formula is C16H26N4O3+2. The summed E-state index contributed by atoms with van der Waals surface area (Å²) in [6.45, 7) is 7.62. The number of hydrogen-bond donors (Lipinski definition) is 2. The zero-order chi connectivity index (χ0) is 16.1. The Bertz CT molecular complexity index is 509. The molecule has 0 bridgehead atoms. The van der Waals surface area contributed by atoms with Gasteiger partial charge in [-0.25, -0.2) is 4.98 Å². The largest absolute Gasteiger partial charge is 0.391 e.